The Morgan fingerprint density at radius 2 is 2.13 bits per heavy atom. The first-order chi connectivity index (χ1) is 7.08. The van der Waals surface area contributed by atoms with E-state index in [2.05, 4.69) is 18.9 Å². The Bertz CT molecular complexity index is 348. The van der Waals surface area contributed by atoms with Gasteiger partial charge in [0.05, 0.1) is 5.69 Å². The second kappa shape index (κ2) is 3.87. The van der Waals surface area contributed by atoms with Crippen LogP contribution in [0.3, 0.4) is 0 Å². The molecule has 1 aliphatic rings. The molecule has 0 bridgehead atoms. The molecule has 0 aliphatic heterocycles. The van der Waals surface area contributed by atoms with Crippen LogP contribution in [0.2, 0.25) is 0 Å². The van der Waals surface area contributed by atoms with E-state index in [9.17, 15) is 0 Å². The summed E-state index contributed by atoms with van der Waals surface area (Å²) < 4.78 is 1.83. The standard InChI is InChI=1S/C12H21N3/c1-8(2)6-10-11(7-9-4-5-9)14-15(3)12(10)13/h8-9H,4-7,13H2,1-3H3. The Morgan fingerprint density at radius 3 is 2.67 bits per heavy atom. The van der Waals surface area contributed by atoms with Gasteiger partial charge in [0.15, 0.2) is 0 Å². The largest absolute Gasteiger partial charge is 0.384 e. The Kier molecular flexibility index (Phi) is 2.72. The molecule has 0 spiro atoms. The first-order valence-corrected chi connectivity index (χ1v) is 5.88. The molecule has 1 saturated carbocycles. The number of nitrogens with two attached hydrogens (primary N) is 1. The summed E-state index contributed by atoms with van der Waals surface area (Å²) in [4.78, 5) is 0. The molecule has 1 aliphatic carbocycles. The molecule has 0 saturated heterocycles. The zero-order chi connectivity index (χ0) is 11.0. The summed E-state index contributed by atoms with van der Waals surface area (Å²) in [6.07, 6.45) is 4.93. The molecule has 1 heterocycles. The topological polar surface area (TPSA) is 43.8 Å². The van der Waals surface area contributed by atoms with Gasteiger partial charge in [-0.1, -0.05) is 13.8 Å². The molecular formula is C12H21N3. The van der Waals surface area contributed by atoms with Crippen molar-refractivity contribution in [1.29, 1.82) is 0 Å². The van der Waals surface area contributed by atoms with Gasteiger partial charge in [0.1, 0.15) is 5.82 Å². The summed E-state index contributed by atoms with van der Waals surface area (Å²) in [7, 11) is 1.94. The lowest BCUT2D eigenvalue weighted by Gasteiger charge is -2.06. The number of aromatic nitrogens is 2. The molecule has 3 heteroatoms. The molecule has 3 nitrogen and oxygen atoms in total. The van der Waals surface area contributed by atoms with Crippen LogP contribution in [0.5, 0.6) is 0 Å². The maximum absolute atomic E-state index is 6.05. The lowest BCUT2D eigenvalue weighted by Crippen LogP contribution is -2.02. The maximum Gasteiger partial charge on any atom is 0.124 e. The van der Waals surface area contributed by atoms with Crippen LogP contribution in [-0.2, 0) is 19.9 Å². The number of hydrogen-bond acceptors (Lipinski definition) is 2. The van der Waals surface area contributed by atoms with Gasteiger partial charge in [0.25, 0.3) is 0 Å². The van der Waals surface area contributed by atoms with Crippen LogP contribution in [0.1, 0.15) is 37.9 Å². The minimum absolute atomic E-state index is 0.648. The summed E-state index contributed by atoms with van der Waals surface area (Å²) in [5.74, 6) is 2.39. The predicted molar refractivity (Wildman–Crippen MR) is 62.6 cm³/mol. The number of nitrogen functional groups attached to an aromatic ring is 1. The lowest BCUT2D eigenvalue weighted by atomic mass is 10.0. The second-order valence-corrected chi connectivity index (χ2v) is 5.18. The fourth-order valence-electron chi connectivity index (χ4n) is 2.03. The van der Waals surface area contributed by atoms with E-state index in [1.165, 1.54) is 24.1 Å². The van der Waals surface area contributed by atoms with Gasteiger partial charge in [-0.15, -0.1) is 0 Å². The summed E-state index contributed by atoms with van der Waals surface area (Å²) in [5.41, 5.74) is 8.58. The molecule has 0 aromatic carbocycles. The fraction of sp³-hybridized carbons (Fsp3) is 0.750. The first-order valence-electron chi connectivity index (χ1n) is 5.88. The summed E-state index contributed by atoms with van der Waals surface area (Å²) in [5, 5.41) is 4.54. The van der Waals surface area contributed by atoms with Crippen LogP contribution in [0.4, 0.5) is 5.82 Å². The monoisotopic (exact) mass is 207 g/mol. The van der Waals surface area contributed by atoms with Crippen molar-refractivity contribution in [1.82, 2.24) is 9.78 Å². The Hall–Kier alpha value is -0.990. The molecule has 2 N–H and O–H groups in total. The van der Waals surface area contributed by atoms with Crippen LogP contribution < -0.4 is 5.73 Å². The third-order valence-corrected chi connectivity index (χ3v) is 3.07. The predicted octanol–water partition coefficient (Wildman–Crippen LogP) is 2.15. The normalized spacial score (nSPS) is 16.3. The van der Waals surface area contributed by atoms with Crippen molar-refractivity contribution < 1.29 is 0 Å². The van der Waals surface area contributed by atoms with Gasteiger partial charge in [-0.2, -0.15) is 5.10 Å². The van der Waals surface area contributed by atoms with Crippen LogP contribution in [0, 0.1) is 11.8 Å². The number of hydrogen-bond donors (Lipinski definition) is 1. The van der Waals surface area contributed by atoms with Crippen LogP contribution >= 0.6 is 0 Å². The summed E-state index contributed by atoms with van der Waals surface area (Å²) in [6.45, 7) is 4.46. The van der Waals surface area contributed by atoms with Crippen molar-refractivity contribution in [2.75, 3.05) is 5.73 Å². The minimum atomic E-state index is 0.648. The molecule has 0 amide bonds. The molecule has 1 aromatic rings. The van der Waals surface area contributed by atoms with E-state index in [-0.39, 0.29) is 0 Å². The molecule has 84 valence electrons. The van der Waals surface area contributed by atoms with Crippen molar-refractivity contribution in [2.45, 2.75) is 39.5 Å². The Morgan fingerprint density at radius 1 is 1.47 bits per heavy atom. The number of nitrogens with zero attached hydrogens (tertiary/aromatic N) is 2. The molecule has 1 aromatic heterocycles. The first kappa shape index (κ1) is 10.5. The van der Waals surface area contributed by atoms with Gasteiger partial charge in [0, 0.05) is 12.6 Å². The van der Waals surface area contributed by atoms with E-state index < -0.39 is 0 Å². The van der Waals surface area contributed by atoms with Gasteiger partial charge in [-0.3, -0.25) is 4.68 Å². The molecular weight excluding hydrogens is 186 g/mol. The number of anilines is 1. The van der Waals surface area contributed by atoms with Gasteiger partial charge < -0.3 is 5.73 Å². The van der Waals surface area contributed by atoms with Gasteiger partial charge in [0.2, 0.25) is 0 Å². The fourth-order valence-corrected chi connectivity index (χ4v) is 2.03. The highest BCUT2D eigenvalue weighted by Crippen LogP contribution is 2.34. The SMILES string of the molecule is CC(C)Cc1c(CC2CC2)nn(C)c1N. The van der Waals surface area contributed by atoms with E-state index >= 15 is 0 Å². The van der Waals surface area contributed by atoms with E-state index in [1.807, 2.05) is 11.7 Å². The Labute approximate surface area is 91.7 Å². The van der Waals surface area contributed by atoms with Gasteiger partial charge in [-0.05, 0) is 37.5 Å². The van der Waals surface area contributed by atoms with Crippen molar-refractivity contribution >= 4 is 5.82 Å². The smallest absolute Gasteiger partial charge is 0.124 e. The molecule has 0 radical (unpaired) electrons. The van der Waals surface area contributed by atoms with E-state index in [4.69, 9.17) is 5.73 Å². The summed E-state index contributed by atoms with van der Waals surface area (Å²) >= 11 is 0. The number of rotatable bonds is 4. The van der Waals surface area contributed by atoms with Crippen LogP contribution in [-0.4, -0.2) is 9.78 Å². The molecule has 0 unspecified atom stereocenters. The van der Waals surface area contributed by atoms with Crippen molar-refractivity contribution in [3.05, 3.63) is 11.3 Å². The van der Waals surface area contributed by atoms with Crippen molar-refractivity contribution in [3.63, 3.8) is 0 Å². The maximum atomic E-state index is 6.05. The van der Waals surface area contributed by atoms with E-state index in [1.54, 1.807) is 0 Å². The Balaban J connectivity index is 2.21. The van der Waals surface area contributed by atoms with Crippen molar-refractivity contribution in [3.8, 4) is 0 Å². The number of aryl methyl sites for hydroxylation is 1. The third kappa shape index (κ3) is 2.33. The average molecular weight is 207 g/mol. The lowest BCUT2D eigenvalue weighted by molar-refractivity contribution is 0.640. The van der Waals surface area contributed by atoms with E-state index in [0.29, 0.717) is 5.92 Å². The zero-order valence-electron chi connectivity index (χ0n) is 9.95. The highest BCUT2D eigenvalue weighted by Gasteiger charge is 2.25. The van der Waals surface area contributed by atoms with Crippen molar-refractivity contribution in [2.24, 2.45) is 18.9 Å². The minimum Gasteiger partial charge on any atom is -0.384 e. The zero-order valence-corrected chi connectivity index (χ0v) is 9.95. The summed E-state index contributed by atoms with van der Waals surface area (Å²) in [6, 6.07) is 0. The third-order valence-electron chi connectivity index (χ3n) is 3.07. The molecule has 0 atom stereocenters. The van der Waals surface area contributed by atoms with Gasteiger partial charge >= 0.3 is 0 Å². The molecule has 15 heavy (non-hydrogen) atoms. The second-order valence-electron chi connectivity index (χ2n) is 5.18. The highest BCUT2D eigenvalue weighted by molar-refractivity contribution is 5.44. The van der Waals surface area contributed by atoms with E-state index in [0.717, 1.165) is 24.6 Å². The quantitative estimate of drug-likeness (QED) is 0.822. The van der Waals surface area contributed by atoms with Gasteiger partial charge in [-0.25, -0.2) is 0 Å². The van der Waals surface area contributed by atoms with Crippen LogP contribution in [0.25, 0.3) is 0 Å². The average Bonchev–Trinajstić information content (AvgIpc) is 2.91. The highest BCUT2D eigenvalue weighted by atomic mass is 15.3. The van der Waals surface area contributed by atoms with Crippen LogP contribution in [0.15, 0.2) is 0 Å². The molecule has 2 rings (SSSR count). The molecule has 1 fully saturated rings.